The van der Waals surface area contributed by atoms with E-state index in [1.165, 1.54) is 25.7 Å². The minimum absolute atomic E-state index is 0. The molecule has 1 amide bonds. The molecule has 3 aliphatic rings. The fourth-order valence-corrected chi connectivity index (χ4v) is 6.31. The standard InChI is InChI=1S/C20H36N4O2S.HI/c1-4-27(26)17-7-5-6-16(12-17)22-20(21-13-19(25)24(2)3)23-18-11-14-8-9-15(18)10-14;/h14-18H,4-13H2,1-3H3,(H2,21,22,23);1H. The second-order valence-corrected chi connectivity index (χ2v) is 10.7. The lowest BCUT2D eigenvalue weighted by Crippen LogP contribution is -2.51. The van der Waals surface area contributed by atoms with E-state index in [4.69, 9.17) is 0 Å². The van der Waals surface area contributed by atoms with Crippen LogP contribution in [-0.4, -0.2) is 64.7 Å². The highest BCUT2D eigenvalue weighted by atomic mass is 127. The Hall–Kier alpha value is -0.380. The number of rotatable bonds is 6. The minimum atomic E-state index is -0.733. The lowest BCUT2D eigenvalue weighted by molar-refractivity contribution is -0.127. The average molecular weight is 525 g/mol. The highest BCUT2D eigenvalue weighted by molar-refractivity contribution is 14.0. The van der Waals surface area contributed by atoms with Crippen LogP contribution in [0.4, 0.5) is 0 Å². The number of halogens is 1. The Kier molecular flexibility index (Phi) is 9.50. The maximum Gasteiger partial charge on any atom is 0.243 e. The van der Waals surface area contributed by atoms with Crippen molar-refractivity contribution in [2.75, 3.05) is 26.4 Å². The van der Waals surface area contributed by atoms with Crippen molar-refractivity contribution in [1.29, 1.82) is 0 Å². The molecule has 2 bridgehead atoms. The molecular weight excluding hydrogens is 487 g/mol. The van der Waals surface area contributed by atoms with Gasteiger partial charge in [0.15, 0.2) is 5.96 Å². The lowest BCUT2D eigenvalue weighted by Gasteiger charge is -2.32. The van der Waals surface area contributed by atoms with Gasteiger partial charge < -0.3 is 15.5 Å². The highest BCUT2D eigenvalue weighted by Crippen LogP contribution is 2.44. The van der Waals surface area contributed by atoms with Gasteiger partial charge >= 0.3 is 0 Å². The molecule has 3 fully saturated rings. The number of amides is 1. The van der Waals surface area contributed by atoms with E-state index in [9.17, 15) is 9.00 Å². The average Bonchev–Trinajstić information content (AvgIpc) is 3.28. The number of carbonyl (C=O) groups is 1. The second kappa shape index (κ2) is 11.1. The predicted molar refractivity (Wildman–Crippen MR) is 127 cm³/mol. The first kappa shape index (κ1) is 23.9. The molecule has 6 nitrogen and oxygen atoms in total. The Morgan fingerprint density at radius 2 is 1.89 bits per heavy atom. The topological polar surface area (TPSA) is 73.8 Å². The quantitative estimate of drug-likeness (QED) is 0.318. The van der Waals surface area contributed by atoms with Crippen LogP contribution >= 0.6 is 24.0 Å². The molecule has 162 valence electrons. The van der Waals surface area contributed by atoms with E-state index in [2.05, 4.69) is 15.6 Å². The minimum Gasteiger partial charge on any atom is -0.354 e. The van der Waals surface area contributed by atoms with Crippen LogP contribution < -0.4 is 10.6 Å². The molecule has 6 unspecified atom stereocenters. The maximum atomic E-state index is 12.2. The normalized spacial score (nSPS) is 33.1. The van der Waals surface area contributed by atoms with Gasteiger partial charge in [-0.25, -0.2) is 4.99 Å². The Morgan fingerprint density at radius 1 is 1.11 bits per heavy atom. The fourth-order valence-electron chi connectivity index (χ4n) is 4.96. The molecule has 28 heavy (non-hydrogen) atoms. The Bertz CT molecular complexity index is 587. The van der Waals surface area contributed by atoms with E-state index in [-0.39, 0.29) is 41.7 Å². The molecule has 3 aliphatic carbocycles. The molecule has 6 atom stereocenters. The van der Waals surface area contributed by atoms with Crippen LogP contribution in [0.1, 0.15) is 58.3 Å². The zero-order valence-electron chi connectivity index (χ0n) is 17.5. The molecule has 0 aromatic rings. The first-order valence-corrected chi connectivity index (χ1v) is 12.0. The van der Waals surface area contributed by atoms with E-state index in [0.717, 1.165) is 49.2 Å². The van der Waals surface area contributed by atoms with Crippen molar-refractivity contribution in [3.8, 4) is 0 Å². The van der Waals surface area contributed by atoms with Gasteiger partial charge in [0, 0.05) is 48.0 Å². The maximum absolute atomic E-state index is 12.2. The Labute approximate surface area is 189 Å². The van der Waals surface area contributed by atoms with E-state index in [0.29, 0.717) is 12.1 Å². The summed E-state index contributed by atoms with van der Waals surface area (Å²) in [6, 6.07) is 0.771. The predicted octanol–water partition coefficient (Wildman–Crippen LogP) is 2.50. The van der Waals surface area contributed by atoms with Crippen molar-refractivity contribution in [3.05, 3.63) is 0 Å². The summed E-state index contributed by atoms with van der Waals surface area (Å²) in [6.07, 6.45) is 9.41. The van der Waals surface area contributed by atoms with Crippen molar-refractivity contribution < 1.29 is 9.00 Å². The molecule has 0 aliphatic heterocycles. The number of carbonyl (C=O) groups excluding carboxylic acids is 1. The van der Waals surface area contributed by atoms with Crippen molar-refractivity contribution >= 4 is 46.6 Å². The number of fused-ring (bicyclic) bond motifs is 2. The third-order valence-electron chi connectivity index (χ3n) is 6.55. The molecular formula is C20H37IN4O2S. The summed E-state index contributed by atoms with van der Waals surface area (Å²) in [7, 11) is 2.80. The van der Waals surface area contributed by atoms with Gasteiger partial charge in [-0.15, -0.1) is 24.0 Å². The van der Waals surface area contributed by atoms with Crippen LogP contribution in [0.5, 0.6) is 0 Å². The van der Waals surface area contributed by atoms with Crippen molar-refractivity contribution in [3.63, 3.8) is 0 Å². The van der Waals surface area contributed by atoms with Gasteiger partial charge in [0.25, 0.3) is 0 Å². The van der Waals surface area contributed by atoms with Crippen LogP contribution in [0.3, 0.4) is 0 Å². The zero-order chi connectivity index (χ0) is 19.4. The monoisotopic (exact) mass is 524 g/mol. The molecule has 0 aromatic carbocycles. The highest BCUT2D eigenvalue weighted by Gasteiger charge is 2.40. The molecule has 0 spiro atoms. The van der Waals surface area contributed by atoms with Crippen LogP contribution in [0.15, 0.2) is 4.99 Å². The molecule has 0 saturated heterocycles. The van der Waals surface area contributed by atoms with Crippen molar-refractivity contribution in [2.24, 2.45) is 16.8 Å². The molecule has 0 heterocycles. The fraction of sp³-hybridized carbons (Fsp3) is 0.900. The summed E-state index contributed by atoms with van der Waals surface area (Å²) < 4.78 is 12.2. The van der Waals surface area contributed by atoms with Crippen LogP contribution in [-0.2, 0) is 15.6 Å². The number of nitrogens with zero attached hydrogens (tertiary/aromatic N) is 2. The number of guanidine groups is 1. The summed E-state index contributed by atoms with van der Waals surface area (Å²) in [6.45, 7) is 2.17. The molecule has 3 rings (SSSR count). The van der Waals surface area contributed by atoms with E-state index < -0.39 is 10.8 Å². The summed E-state index contributed by atoms with van der Waals surface area (Å²) in [5.41, 5.74) is 0. The summed E-state index contributed by atoms with van der Waals surface area (Å²) in [4.78, 5) is 18.2. The van der Waals surface area contributed by atoms with Crippen LogP contribution in [0.25, 0.3) is 0 Å². The molecule has 2 N–H and O–H groups in total. The molecule has 8 heteroatoms. The van der Waals surface area contributed by atoms with E-state index in [1.807, 2.05) is 6.92 Å². The second-order valence-electron chi connectivity index (χ2n) is 8.68. The van der Waals surface area contributed by atoms with Gasteiger partial charge in [0.2, 0.25) is 5.91 Å². The number of nitrogens with one attached hydrogen (secondary N) is 2. The molecule has 0 radical (unpaired) electrons. The van der Waals surface area contributed by atoms with Gasteiger partial charge in [-0.05, 0) is 50.4 Å². The van der Waals surface area contributed by atoms with Crippen LogP contribution in [0, 0.1) is 11.8 Å². The third kappa shape index (κ3) is 6.31. The van der Waals surface area contributed by atoms with Gasteiger partial charge in [0.05, 0.1) is 0 Å². The van der Waals surface area contributed by atoms with Crippen molar-refractivity contribution in [1.82, 2.24) is 15.5 Å². The van der Waals surface area contributed by atoms with Crippen LogP contribution in [0.2, 0.25) is 0 Å². The lowest BCUT2D eigenvalue weighted by atomic mass is 9.94. The number of likely N-dealkylation sites (N-methyl/N-ethyl adjacent to an activating group) is 1. The number of hydrogen-bond acceptors (Lipinski definition) is 3. The molecule has 0 aromatic heterocycles. The Balaban J connectivity index is 0.00000280. The first-order valence-electron chi connectivity index (χ1n) is 10.6. The smallest absolute Gasteiger partial charge is 0.243 e. The summed E-state index contributed by atoms with van der Waals surface area (Å²) in [5.74, 6) is 3.13. The third-order valence-corrected chi connectivity index (χ3v) is 8.30. The number of aliphatic imine (C=N–C) groups is 1. The van der Waals surface area contributed by atoms with E-state index >= 15 is 0 Å². The zero-order valence-corrected chi connectivity index (χ0v) is 20.6. The van der Waals surface area contributed by atoms with Crippen molar-refractivity contribution in [2.45, 2.75) is 75.6 Å². The van der Waals surface area contributed by atoms with Gasteiger partial charge in [-0.1, -0.05) is 19.8 Å². The van der Waals surface area contributed by atoms with E-state index in [1.54, 1.807) is 19.0 Å². The first-order chi connectivity index (χ1) is 13.0. The SMILES string of the molecule is CCS(=O)C1CCCC(NC(=NCC(=O)N(C)C)NC2CC3CCC2C3)C1.I. The summed E-state index contributed by atoms with van der Waals surface area (Å²) in [5, 5.41) is 7.50. The Morgan fingerprint density at radius 3 is 2.50 bits per heavy atom. The number of hydrogen-bond donors (Lipinski definition) is 2. The largest absolute Gasteiger partial charge is 0.354 e. The summed E-state index contributed by atoms with van der Waals surface area (Å²) >= 11 is 0. The van der Waals surface area contributed by atoms with Gasteiger partial charge in [-0.3, -0.25) is 9.00 Å². The molecule has 3 saturated carbocycles. The van der Waals surface area contributed by atoms with Gasteiger partial charge in [-0.2, -0.15) is 0 Å². The van der Waals surface area contributed by atoms with Gasteiger partial charge in [0.1, 0.15) is 6.54 Å².